The van der Waals surface area contributed by atoms with Crippen molar-refractivity contribution in [3.8, 4) is 11.5 Å². The third kappa shape index (κ3) is 5.56. The number of carbonyl (C=O) groups excluding carboxylic acids is 1. The van der Waals surface area contributed by atoms with Crippen LogP contribution in [-0.4, -0.2) is 55.5 Å². The molecular weight excluding hydrogens is 564 g/mol. The predicted octanol–water partition coefficient (Wildman–Crippen LogP) is 4.74. The maximum Gasteiger partial charge on any atom is 0.252 e. The molecule has 0 aromatic heterocycles. The van der Waals surface area contributed by atoms with Crippen molar-refractivity contribution in [2.24, 2.45) is 4.99 Å². The second kappa shape index (κ2) is 10.5. The summed E-state index contributed by atoms with van der Waals surface area (Å²) >= 11 is 10.9. The van der Waals surface area contributed by atoms with Crippen LogP contribution in [0.5, 0.6) is 11.5 Å². The average molecular weight is 588 g/mol. The van der Waals surface area contributed by atoms with E-state index in [1.165, 1.54) is 11.8 Å². The van der Waals surface area contributed by atoms with E-state index in [0.717, 1.165) is 5.56 Å². The van der Waals surface area contributed by atoms with Gasteiger partial charge in [-0.2, -0.15) is 4.99 Å². The van der Waals surface area contributed by atoms with Gasteiger partial charge in [-0.3, -0.25) is 4.79 Å². The van der Waals surface area contributed by atoms with E-state index in [1.807, 2.05) is 24.8 Å². The van der Waals surface area contributed by atoms with Crippen molar-refractivity contribution in [2.75, 3.05) is 29.6 Å². The van der Waals surface area contributed by atoms with Crippen LogP contribution in [0.4, 0.5) is 5.69 Å². The number of halogens is 2. The normalized spacial score (nSPS) is 22.1. The lowest BCUT2D eigenvalue weighted by atomic mass is 10.1. The number of sulfone groups is 1. The Kier molecular flexibility index (Phi) is 7.81. The van der Waals surface area contributed by atoms with Crippen molar-refractivity contribution >= 4 is 65.9 Å². The number of aliphatic imine (C=N–C) groups is 1. The van der Waals surface area contributed by atoms with Crippen LogP contribution < -0.4 is 14.4 Å². The van der Waals surface area contributed by atoms with E-state index in [0.29, 0.717) is 45.1 Å². The summed E-state index contributed by atoms with van der Waals surface area (Å²) in [6.07, 6.45) is 0.122. The Bertz CT molecular complexity index is 1220. The Hall–Kier alpha value is -1.75. The van der Waals surface area contributed by atoms with E-state index in [9.17, 15) is 13.2 Å². The first kappa shape index (κ1) is 25.3. The summed E-state index contributed by atoms with van der Waals surface area (Å²) in [5.74, 6) is 0.864. The molecule has 1 amide bonds. The van der Waals surface area contributed by atoms with Crippen molar-refractivity contribution in [3.63, 3.8) is 0 Å². The summed E-state index contributed by atoms with van der Waals surface area (Å²) in [5, 5.41) is 0.872. The van der Waals surface area contributed by atoms with Gasteiger partial charge in [0.2, 0.25) is 0 Å². The maximum atomic E-state index is 12.8. The fraction of sp³-hybridized carbons (Fsp3) is 0.391. The molecule has 0 saturated carbocycles. The molecule has 0 aliphatic carbocycles. The Morgan fingerprint density at radius 3 is 2.44 bits per heavy atom. The van der Waals surface area contributed by atoms with Crippen LogP contribution in [0, 0.1) is 0 Å². The molecule has 2 aromatic rings. The van der Waals surface area contributed by atoms with Crippen LogP contribution in [0.3, 0.4) is 0 Å². The summed E-state index contributed by atoms with van der Waals surface area (Å²) in [6, 6.07) is 10.3. The standard InChI is InChI=1S/C23H24BrClN2O5S2/c1-3-31-19-10-16(24)17(11-20(19)32-4-2)27-18-12-34(29,30)13-21(18)33-23(27)26-22(28)9-14-5-7-15(25)8-6-14/h5-8,10-11,18,21H,3-4,9,12-13H2,1-2H3/t18-,21+/m0/s1. The Balaban J connectivity index is 1.71. The highest BCUT2D eigenvalue weighted by molar-refractivity contribution is 9.10. The number of ether oxygens (including phenoxy) is 2. The van der Waals surface area contributed by atoms with Crippen LogP contribution in [-0.2, 0) is 21.1 Å². The fourth-order valence-corrected chi connectivity index (χ4v) is 8.58. The van der Waals surface area contributed by atoms with Crippen LogP contribution in [0.15, 0.2) is 45.9 Å². The van der Waals surface area contributed by atoms with Gasteiger partial charge >= 0.3 is 0 Å². The highest BCUT2D eigenvalue weighted by Crippen LogP contribution is 2.46. The molecule has 0 bridgehead atoms. The number of anilines is 1. The third-order valence-corrected chi connectivity index (χ3v) is 9.52. The number of amidine groups is 1. The van der Waals surface area contributed by atoms with Crippen LogP contribution in [0.2, 0.25) is 5.02 Å². The molecule has 2 atom stereocenters. The fourth-order valence-electron chi connectivity index (χ4n) is 4.01. The molecule has 4 rings (SSSR count). The molecule has 2 aliphatic heterocycles. The maximum absolute atomic E-state index is 12.8. The molecule has 2 fully saturated rings. The Morgan fingerprint density at radius 1 is 1.15 bits per heavy atom. The van der Waals surface area contributed by atoms with Gasteiger partial charge in [0, 0.05) is 26.9 Å². The van der Waals surface area contributed by atoms with Gasteiger partial charge in [0.05, 0.1) is 42.9 Å². The van der Waals surface area contributed by atoms with Gasteiger partial charge < -0.3 is 14.4 Å². The zero-order valence-electron chi connectivity index (χ0n) is 18.7. The molecule has 34 heavy (non-hydrogen) atoms. The minimum Gasteiger partial charge on any atom is -0.490 e. The number of carbonyl (C=O) groups is 1. The Morgan fingerprint density at radius 2 is 1.79 bits per heavy atom. The minimum absolute atomic E-state index is 0.00131. The quantitative estimate of drug-likeness (QED) is 0.462. The van der Waals surface area contributed by atoms with E-state index in [-0.39, 0.29) is 35.1 Å². The van der Waals surface area contributed by atoms with Crippen molar-refractivity contribution in [1.29, 1.82) is 0 Å². The molecule has 0 unspecified atom stereocenters. The van der Waals surface area contributed by atoms with Gasteiger partial charge in [-0.15, -0.1) is 0 Å². The molecule has 0 radical (unpaired) electrons. The topological polar surface area (TPSA) is 85.3 Å². The highest BCUT2D eigenvalue weighted by atomic mass is 79.9. The van der Waals surface area contributed by atoms with Crippen molar-refractivity contribution in [1.82, 2.24) is 0 Å². The highest BCUT2D eigenvalue weighted by Gasteiger charge is 2.50. The second-order valence-corrected chi connectivity index (χ2v) is 12.5. The smallest absolute Gasteiger partial charge is 0.252 e. The third-order valence-electron chi connectivity index (χ3n) is 5.43. The van der Waals surface area contributed by atoms with Gasteiger partial charge in [0.1, 0.15) is 0 Å². The second-order valence-electron chi connectivity index (χ2n) is 7.88. The van der Waals surface area contributed by atoms with Crippen molar-refractivity contribution in [3.05, 3.63) is 51.5 Å². The first-order valence-electron chi connectivity index (χ1n) is 10.8. The van der Waals surface area contributed by atoms with E-state index >= 15 is 0 Å². The number of fused-ring (bicyclic) bond motifs is 1. The van der Waals surface area contributed by atoms with E-state index in [2.05, 4.69) is 20.9 Å². The molecule has 182 valence electrons. The summed E-state index contributed by atoms with van der Waals surface area (Å²) in [5.41, 5.74) is 1.49. The van der Waals surface area contributed by atoms with Crippen LogP contribution in [0.1, 0.15) is 19.4 Å². The number of rotatable bonds is 7. The summed E-state index contributed by atoms with van der Waals surface area (Å²) in [7, 11) is -3.19. The molecule has 0 spiro atoms. The number of thioether (sulfide) groups is 1. The largest absolute Gasteiger partial charge is 0.490 e. The molecule has 2 saturated heterocycles. The van der Waals surface area contributed by atoms with Gasteiger partial charge in [-0.1, -0.05) is 35.5 Å². The number of benzene rings is 2. The van der Waals surface area contributed by atoms with Gasteiger partial charge in [-0.05, 0) is 47.5 Å². The zero-order valence-corrected chi connectivity index (χ0v) is 22.6. The van der Waals surface area contributed by atoms with Gasteiger partial charge in [-0.25, -0.2) is 8.42 Å². The lowest BCUT2D eigenvalue weighted by Crippen LogP contribution is -2.38. The van der Waals surface area contributed by atoms with Gasteiger partial charge in [0.25, 0.3) is 5.91 Å². The monoisotopic (exact) mass is 586 g/mol. The first-order valence-corrected chi connectivity index (χ1v) is 14.7. The average Bonchev–Trinajstić information content (AvgIpc) is 3.22. The molecule has 11 heteroatoms. The van der Waals surface area contributed by atoms with Gasteiger partial charge in [0.15, 0.2) is 26.5 Å². The van der Waals surface area contributed by atoms with E-state index in [1.54, 1.807) is 30.3 Å². The summed E-state index contributed by atoms with van der Waals surface area (Å²) in [4.78, 5) is 19.1. The van der Waals surface area contributed by atoms with E-state index in [4.69, 9.17) is 21.1 Å². The molecule has 7 nitrogen and oxygen atoms in total. The Labute approximate surface area is 216 Å². The van der Waals surface area contributed by atoms with Crippen LogP contribution >= 0.6 is 39.3 Å². The van der Waals surface area contributed by atoms with E-state index < -0.39 is 9.84 Å². The SMILES string of the molecule is CCOc1cc(Br)c(N2C(=NC(=O)Cc3ccc(Cl)cc3)S[C@@H]3CS(=O)(=O)C[C@@H]32)cc1OCC. The number of hydrogen-bond donors (Lipinski definition) is 0. The first-order chi connectivity index (χ1) is 16.2. The summed E-state index contributed by atoms with van der Waals surface area (Å²) < 4.78 is 37.0. The van der Waals surface area contributed by atoms with Crippen molar-refractivity contribution in [2.45, 2.75) is 31.6 Å². The number of nitrogens with zero attached hydrogens (tertiary/aromatic N) is 2. The zero-order chi connectivity index (χ0) is 24.5. The molecule has 0 N–H and O–H groups in total. The predicted molar refractivity (Wildman–Crippen MR) is 140 cm³/mol. The number of hydrogen-bond acceptors (Lipinski definition) is 6. The lowest BCUT2D eigenvalue weighted by molar-refractivity contribution is -0.117. The summed E-state index contributed by atoms with van der Waals surface area (Å²) in [6.45, 7) is 4.68. The number of amides is 1. The van der Waals surface area contributed by atoms with Crippen molar-refractivity contribution < 1.29 is 22.7 Å². The molecule has 2 heterocycles. The molecule has 2 aliphatic rings. The molecule has 2 aromatic carbocycles. The molecular formula is C23H24BrClN2O5S2. The lowest BCUT2D eigenvalue weighted by Gasteiger charge is -2.27. The minimum atomic E-state index is -3.19. The van der Waals surface area contributed by atoms with Crippen LogP contribution in [0.25, 0.3) is 0 Å².